The Hall–Kier alpha value is -1.37. The Balaban J connectivity index is 2.73. The van der Waals surface area contributed by atoms with Gasteiger partial charge in [-0.25, -0.2) is 9.97 Å². The van der Waals surface area contributed by atoms with E-state index in [-0.39, 0.29) is 12.0 Å². The van der Waals surface area contributed by atoms with E-state index in [1.165, 1.54) is 0 Å². The Morgan fingerprint density at radius 1 is 1.25 bits per heavy atom. The molecule has 0 fully saturated rings. The van der Waals surface area contributed by atoms with Crippen molar-refractivity contribution in [1.29, 1.82) is 0 Å². The third-order valence-electron chi connectivity index (χ3n) is 2.68. The van der Waals surface area contributed by atoms with Crippen molar-refractivity contribution in [3.8, 4) is 0 Å². The summed E-state index contributed by atoms with van der Waals surface area (Å²) in [6.07, 6.45) is -0.117. The normalized spacial score (nSPS) is 11.9. The highest BCUT2D eigenvalue weighted by Crippen LogP contribution is 2.21. The van der Waals surface area contributed by atoms with Gasteiger partial charge in [-0.2, -0.15) is 13.2 Å². The number of nitrogens with zero attached hydrogens (tertiary/aromatic N) is 3. The summed E-state index contributed by atoms with van der Waals surface area (Å²) in [5.74, 6) is 0.108. The molecule has 7 heteroatoms. The molecule has 0 amide bonds. The van der Waals surface area contributed by atoms with E-state index in [4.69, 9.17) is 0 Å². The number of rotatable bonds is 7. The van der Waals surface area contributed by atoms with Crippen molar-refractivity contribution in [2.75, 3.05) is 18.0 Å². The monoisotopic (exact) mass is 290 g/mol. The number of hydrogen-bond acceptors (Lipinski definition) is 4. The average molecular weight is 290 g/mol. The van der Waals surface area contributed by atoms with Crippen molar-refractivity contribution < 1.29 is 13.2 Å². The summed E-state index contributed by atoms with van der Waals surface area (Å²) < 4.78 is 37.6. The van der Waals surface area contributed by atoms with Crippen LogP contribution in [0.2, 0.25) is 0 Å². The molecule has 0 unspecified atom stereocenters. The van der Waals surface area contributed by atoms with Gasteiger partial charge in [-0.05, 0) is 26.8 Å². The first-order chi connectivity index (χ1) is 9.33. The Kier molecular flexibility index (Phi) is 6.19. The van der Waals surface area contributed by atoms with Gasteiger partial charge in [0.2, 0.25) is 5.95 Å². The maximum atomic E-state index is 12.5. The zero-order chi connectivity index (χ0) is 15.2. The molecule has 0 bridgehead atoms. The number of hydrogen-bond donors (Lipinski definition) is 1. The van der Waals surface area contributed by atoms with Crippen LogP contribution in [0.5, 0.6) is 0 Å². The molecule has 0 aliphatic heterocycles. The van der Waals surface area contributed by atoms with Crippen molar-refractivity contribution in [2.24, 2.45) is 0 Å². The van der Waals surface area contributed by atoms with Crippen molar-refractivity contribution >= 4 is 5.95 Å². The number of halogens is 3. The second-order valence-electron chi connectivity index (χ2n) is 4.90. The standard InChI is InChI=1S/C13H21F3N4/c1-4-5-17-6-11-7-18-12(19-8-11)20(10(2)3)9-13(14,15)16/h7-8,10,17H,4-6,9H2,1-3H3. The maximum absolute atomic E-state index is 12.5. The van der Waals surface area contributed by atoms with Gasteiger partial charge in [-0.3, -0.25) is 0 Å². The van der Waals surface area contributed by atoms with Crippen LogP contribution in [-0.2, 0) is 6.54 Å². The van der Waals surface area contributed by atoms with E-state index in [1.54, 1.807) is 26.2 Å². The molecular formula is C13H21F3N4. The number of anilines is 1. The largest absolute Gasteiger partial charge is 0.406 e. The average Bonchev–Trinajstić information content (AvgIpc) is 2.36. The summed E-state index contributed by atoms with van der Waals surface area (Å²) in [5.41, 5.74) is 0.859. The lowest BCUT2D eigenvalue weighted by atomic mass is 10.3. The highest BCUT2D eigenvalue weighted by molar-refractivity contribution is 5.31. The van der Waals surface area contributed by atoms with E-state index in [9.17, 15) is 13.2 Å². The first-order valence-electron chi connectivity index (χ1n) is 6.68. The van der Waals surface area contributed by atoms with Crippen molar-refractivity contribution in [2.45, 2.75) is 46.0 Å². The van der Waals surface area contributed by atoms with Gasteiger partial charge >= 0.3 is 6.18 Å². The summed E-state index contributed by atoms with van der Waals surface area (Å²) in [7, 11) is 0. The fraction of sp³-hybridized carbons (Fsp3) is 0.692. The predicted molar refractivity (Wildman–Crippen MR) is 72.6 cm³/mol. The summed E-state index contributed by atoms with van der Waals surface area (Å²) >= 11 is 0. The lowest BCUT2D eigenvalue weighted by Gasteiger charge is -2.27. The lowest BCUT2D eigenvalue weighted by molar-refractivity contribution is -0.120. The molecule has 0 saturated carbocycles. The lowest BCUT2D eigenvalue weighted by Crippen LogP contribution is -2.40. The molecule has 0 saturated heterocycles. The quantitative estimate of drug-likeness (QED) is 0.784. The van der Waals surface area contributed by atoms with E-state index in [2.05, 4.69) is 22.2 Å². The first-order valence-corrected chi connectivity index (χ1v) is 6.68. The number of aromatic nitrogens is 2. The van der Waals surface area contributed by atoms with Crippen LogP contribution in [-0.4, -0.2) is 35.3 Å². The Bertz CT molecular complexity index is 390. The molecule has 0 spiro atoms. The van der Waals surface area contributed by atoms with Gasteiger partial charge in [-0.15, -0.1) is 0 Å². The third kappa shape index (κ3) is 5.73. The fourth-order valence-corrected chi connectivity index (χ4v) is 1.67. The molecule has 4 nitrogen and oxygen atoms in total. The molecule has 1 heterocycles. The smallest absolute Gasteiger partial charge is 0.329 e. The van der Waals surface area contributed by atoms with Gasteiger partial charge in [0.15, 0.2) is 0 Å². The summed E-state index contributed by atoms with van der Waals surface area (Å²) in [6, 6.07) is -0.319. The van der Waals surface area contributed by atoms with Gasteiger partial charge in [0.1, 0.15) is 6.54 Å². The zero-order valence-corrected chi connectivity index (χ0v) is 12.0. The van der Waals surface area contributed by atoms with Crippen LogP contribution in [0.3, 0.4) is 0 Å². The van der Waals surface area contributed by atoms with Crippen LogP contribution in [0.4, 0.5) is 19.1 Å². The minimum Gasteiger partial charge on any atom is -0.329 e. The van der Waals surface area contributed by atoms with E-state index in [0.29, 0.717) is 6.54 Å². The Morgan fingerprint density at radius 3 is 2.30 bits per heavy atom. The SMILES string of the molecule is CCCNCc1cnc(N(CC(F)(F)F)C(C)C)nc1. The summed E-state index contributed by atoms with van der Waals surface area (Å²) in [6.45, 7) is 5.89. The molecule has 1 rings (SSSR count). The number of alkyl halides is 3. The molecule has 0 radical (unpaired) electrons. The minimum atomic E-state index is -4.27. The molecule has 0 aliphatic rings. The Morgan fingerprint density at radius 2 is 1.85 bits per heavy atom. The zero-order valence-electron chi connectivity index (χ0n) is 12.0. The number of nitrogens with one attached hydrogen (secondary N) is 1. The van der Waals surface area contributed by atoms with Gasteiger partial charge in [0.25, 0.3) is 0 Å². The minimum absolute atomic E-state index is 0.108. The fourth-order valence-electron chi connectivity index (χ4n) is 1.67. The van der Waals surface area contributed by atoms with E-state index in [0.717, 1.165) is 23.4 Å². The van der Waals surface area contributed by atoms with Crippen molar-refractivity contribution in [3.05, 3.63) is 18.0 Å². The summed E-state index contributed by atoms with van der Waals surface area (Å²) in [4.78, 5) is 9.22. The molecule has 0 aliphatic carbocycles. The van der Waals surface area contributed by atoms with Gasteiger partial charge < -0.3 is 10.2 Å². The van der Waals surface area contributed by atoms with Crippen LogP contribution < -0.4 is 10.2 Å². The molecule has 1 aromatic rings. The van der Waals surface area contributed by atoms with Crippen LogP contribution in [0.1, 0.15) is 32.8 Å². The maximum Gasteiger partial charge on any atom is 0.406 e. The van der Waals surface area contributed by atoms with Crippen LogP contribution >= 0.6 is 0 Å². The molecule has 0 atom stereocenters. The second-order valence-corrected chi connectivity index (χ2v) is 4.90. The van der Waals surface area contributed by atoms with Crippen LogP contribution in [0.15, 0.2) is 12.4 Å². The third-order valence-corrected chi connectivity index (χ3v) is 2.68. The highest BCUT2D eigenvalue weighted by Gasteiger charge is 2.33. The molecular weight excluding hydrogens is 269 g/mol. The molecule has 1 N–H and O–H groups in total. The van der Waals surface area contributed by atoms with E-state index in [1.807, 2.05) is 0 Å². The molecule has 0 aromatic carbocycles. The Labute approximate surface area is 117 Å². The molecule has 114 valence electrons. The highest BCUT2D eigenvalue weighted by atomic mass is 19.4. The second kappa shape index (κ2) is 7.42. The van der Waals surface area contributed by atoms with Crippen molar-refractivity contribution in [3.63, 3.8) is 0 Å². The molecule has 1 aromatic heterocycles. The van der Waals surface area contributed by atoms with Crippen LogP contribution in [0.25, 0.3) is 0 Å². The topological polar surface area (TPSA) is 41.1 Å². The van der Waals surface area contributed by atoms with Crippen LogP contribution in [0, 0.1) is 0 Å². The van der Waals surface area contributed by atoms with Gasteiger partial charge in [0.05, 0.1) is 0 Å². The van der Waals surface area contributed by atoms with Gasteiger partial charge in [0, 0.05) is 30.5 Å². The first kappa shape index (κ1) is 16.7. The van der Waals surface area contributed by atoms with E-state index >= 15 is 0 Å². The molecule has 20 heavy (non-hydrogen) atoms. The van der Waals surface area contributed by atoms with Gasteiger partial charge in [-0.1, -0.05) is 6.92 Å². The summed E-state index contributed by atoms with van der Waals surface area (Å²) in [5, 5.41) is 3.19. The predicted octanol–water partition coefficient (Wildman–Crippen LogP) is 2.75. The van der Waals surface area contributed by atoms with Crippen molar-refractivity contribution in [1.82, 2.24) is 15.3 Å². The van der Waals surface area contributed by atoms with E-state index < -0.39 is 12.7 Å².